The van der Waals surface area contributed by atoms with Gasteiger partial charge in [-0.25, -0.2) is 0 Å². The molecule has 1 atom stereocenters. The highest BCUT2D eigenvalue weighted by Gasteiger charge is 2.39. The van der Waals surface area contributed by atoms with Crippen molar-refractivity contribution < 1.29 is 9.90 Å². The smallest absolute Gasteiger partial charge is 0.248 e. The van der Waals surface area contributed by atoms with Gasteiger partial charge in [0, 0.05) is 36.4 Å². The first-order valence-corrected chi connectivity index (χ1v) is 14.2. The van der Waals surface area contributed by atoms with Crippen molar-refractivity contribution in [2.24, 2.45) is 17.6 Å². The molecule has 1 aliphatic carbocycles. The van der Waals surface area contributed by atoms with Crippen LogP contribution >= 0.6 is 0 Å². The number of aliphatic hydroxyl groups excluding tert-OH is 1. The summed E-state index contributed by atoms with van der Waals surface area (Å²) in [6.07, 6.45) is 9.63. The molecule has 2 aliphatic rings. The van der Waals surface area contributed by atoms with Crippen molar-refractivity contribution in [1.82, 2.24) is 14.8 Å². The van der Waals surface area contributed by atoms with E-state index in [1.807, 2.05) is 12.1 Å². The zero-order valence-corrected chi connectivity index (χ0v) is 22.0. The predicted molar refractivity (Wildman–Crippen MR) is 152 cm³/mol. The number of hydrogen-bond donors (Lipinski definition) is 4. The van der Waals surface area contributed by atoms with Crippen LogP contribution in [-0.2, 0) is 6.42 Å². The molecule has 1 saturated carbocycles. The quantitative estimate of drug-likeness (QED) is 0.301. The number of quaternary nitrogens is 1. The van der Waals surface area contributed by atoms with Gasteiger partial charge in [-0.2, -0.15) is 0 Å². The molecule has 1 aliphatic heterocycles. The highest BCUT2D eigenvalue weighted by atomic mass is 16.3. The van der Waals surface area contributed by atoms with Gasteiger partial charge in [0.1, 0.15) is 12.6 Å². The average Bonchev–Trinajstić information content (AvgIpc) is 3.35. The van der Waals surface area contributed by atoms with Crippen LogP contribution in [0.1, 0.15) is 60.9 Å². The molecule has 2 heterocycles. The van der Waals surface area contributed by atoms with Gasteiger partial charge in [-0.1, -0.05) is 49.6 Å². The first-order chi connectivity index (χ1) is 18.0. The van der Waals surface area contributed by atoms with Crippen LogP contribution in [0.25, 0.3) is 10.9 Å². The van der Waals surface area contributed by atoms with Crippen molar-refractivity contribution >= 4 is 22.6 Å². The lowest BCUT2D eigenvalue weighted by molar-refractivity contribution is 0.0884. The van der Waals surface area contributed by atoms with Gasteiger partial charge in [-0.05, 0) is 61.4 Å². The Bertz CT molecular complexity index is 1160. The number of piperidine rings is 1. The molecule has 0 radical (unpaired) electrons. The molecule has 5 N–H and O–H groups in total. The minimum absolute atomic E-state index is 0.408. The summed E-state index contributed by atoms with van der Waals surface area (Å²) in [4.78, 5) is 15.4. The highest BCUT2D eigenvalue weighted by molar-refractivity contribution is 5.97. The lowest BCUT2D eigenvalue weighted by atomic mass is 9.88. The first-order valence-electron chi connectivity index (χ1n) is 14.2. The predicted octanol–water partition coefficient (Wildman–Crippen LogP) is 4.76. The minimum atomic E-state index is -0.415. The second-order valence-corrected chi connectivity index (χ2v) is 11.5. The number of amides is 1. The minimum Gasteiger partial charge on any atom is -0.386 e. The fourth-order valence-corrected chi connectivity index (χ4v) is 6.63. The molecule has 0 bridgehead atoms. The zero-order valence-electron chi connectivity index (χ0n) is 22.0. The molecule has 6 nitrogen and oxygen atoms in total. The maximum absolute atomic E-state index is 11.7. The molecule has 1 aromatic heterocycles. The summed E-state index contributed by atoms with van der Waals surface area (Å²) in [7, 11) is 0. The summed E-state index contributed by atoms with van der Waals surface area (Å²) < 4.78 is 0.748. The number of aromatic amines is 1. The first kappa shape index (κ1) is 26.0. The number of rotatable bonds is 10. The third-order valence-electron chi connectivity index (χ3n) is 8.80. The van der Waals surface area contributed by atoms with E-state index in [4.69, 9.17) is 5.73 Å². The molecule has 5 rings (SSSR count). The number of hydrogen-bond acceptors (Lipinski definition) is 3. The number of carbonyl (C=O) groups excluding carboxylic acids is 1. The van der Waals surface area contributed by atoms with Gasteiger partial charge in [0.25, 0.3) is 0 Å². The number of nitrogens with two attached hydrogens (primary N) is 1. The molecule has 1 unspecified atom stereocenters. The Morgan fingerprint density at radius 1 is 1.00 bits per heavy atom. The van der Waals surface area contributed by atoms with Crippen molar-refractivity contribution in [3.05, 3.63) is 65.7 Å². The largest absolute Gasteiger partial charge is 0.386 e. The fraction of sp³-hybridized carbons (Fsp3) is 0.516. The number of carbonyl (C=O) groups is 1. The van der Waals surface area contributed by atoms with Crippen molar-refractivity contribution in [2.75, 3.05) is 32.7 Å². The number of aromatic nitrogens is 1. The summed E-state index contributed by atoms with van der Waals surface area (Å²) >= 11 is 0. The normalized spacial score (nSPS) is 23.8. The third-order valence-corrected chi connectivity index (χ3v) is 8.80. The Labute approximate surface area is 220 Å². The van der Waals surface area contributed by atoms with E-state index in [9.17, 15) is 9.90 Å². The van der Waals surface area contributed by atoms with E-state index in [1.54, 1.807) is 6.07 Å². The summed E-state index contributed by atoms with van der Waals surface area (Å²) in [5.41, 5.74) is 8.47. The number of fused-ring (bicyclic) bond motifs is 1. The van der Waals surface area contributed by atoms with Gasteiger partial charge in [0.2, 0.25) is 11.7 Å². The molecule has 1 amide bonds. The summed E-state index contributed by atoms with van der Waals surface area (Å²) in [5, 5.41) is 15.8. The second-order valence-electron chi connectivity index (χ2n) is 11.5. The van der Waals surface area contributed by atoms with Crippen LogP contribution < -0.4 is 15.5 Å². The molecule has 37 heavy (non-hydrogen) atoms. The third kappa shape index (κ3) is 6.43. The van der Waals surface area contributed by atoms with Crippen molar-refractivity contribution in [1.29, 1.82) is 0 Å². The van der Waals surface area contributed by atoms with E-state index < -0.39 is 12.0 Å². The summed E-state index contributed by atoms with van der Waals surface area (Å²) in [6.45, 7) is 4.32. The molecular formula is C31H43N4O2+. The number of benzene rings is 2. The SMILES string of the molecule is NC(=O)c1ccc2[nH]c([N+]3(CC(O)CNCC4CCCCC4)CCC(Cc4ccccc4)CC3)cc2c1. The summed E-state index contributed by atoms with van der Waals surface area (Å²) in [5.74, 6) is 2.13. The monoisotopic (exact) mass is 503 g/mol. The Balaban J connectivity index is 1.30. The topological polar surface area (TPSA) is 91.1 Å². The Morgan fingerprint density at radius 2 is 1.76 bits per heavy atom. The van der Waals surface area contributed by atoms with Gasteiger partial charge in [0.15, 0.2) is 0 Å². The number of H-pyrrole nitrogens is 1. The van der Waals surface area contributed by atoms with Gasteiger partial charge in [0.05, 0.1) is 18.6 Å². The molecular weight excluding hydrogens is 460 g/mol. The van der Waals surface area contributed by atoms with Crippen LogP contribution in [0.4, 0.5) is 5.82 Å². The number of primary amides is 1. The van der Waals surface area contributed by atoms with Crippen molar-refractivity contribution in [3.63, 3.8) is 0 Å². The van der Waals surface area contributed by atoms with E-state index in [2.05, 4.69) is 46.7 Å². The standard InChI is InChI=1S/C31H42N4O2/c32-31(37)26-11-12-29-27(18-26)19-30(34-29)35(22-28(36)21-33-20-25-9-5-2-6-10-25)15-13-24(14-16-35)17-23-7-3-1-4-8-23/h1,3-4,7-8,11-12,18-19,24-25,28,33,36H,2,5-6,9-10,13-17,20-22H2,(H2-,32,34,37)/p+1. The molecule has 198 valence electrons. The molecule has 1 saturated heterocycles. The number of likely N-dealkylation sites (tertiary alicyclic amines) is 1. The van der Waals surface area contributed by atoms with E-state index in [0.29, 0.717) is 24.6 Å². The van der Waals surface area contributed by atoms with Crippen LogP contribution in [0.5, 0.6) is 0 Å². The molecule has 6 heteroatoms. The second kappa shape index (κ2) is 11.8. The van der Waals surface area contributed by atoms with Gasteiger partial charge >= 0.3 is 0 Å². The van der Waals surface area contributed by atoms with Crippen LogP contribution in [0, 0.1) is 11.8 Å². The van der Waals surface area contributed by atoms with Crippen LogP contribution in [0.3, 0.4) is 0 Å². The fourth-order valence-electron chi connectivity index (χ4n) is 6.63. The van der Waals surface area contributed by atoms with Crippen molar-refractivity contribution in [2.45, 2.75) is 57.5 Å². The zero-order chi connectivity index (χ0) is 25.7. The number of nitrogens with zero attached hydrogens (tertiary/aromatic N) is 1. The van der Waals surface area contributed by atoms with Crippen LogP contribution in [-0.4, -0.2) is 54.8 Å². The van der Waals surface area contributed by atoms with Gasteiger partial charge in [-0.15, -0.1) is 0 Å². The van der Waals surface area contributed by atoms with E-state index >= 15 is 0 Å². The molecule has 2 aromatic carbocycles. The Kier molecular flexibility index (Phi) is 8.28. The van der Waals surface area contributed by atoms with Crippen molar-refractivity contribution in [3.8, 4) is 0 Å². The molecule has 0 spiro atoms. The maximum Gasteiger partial charge on any atom is 0.248 e. The lowest BCUT2D eigenvalue weighted by Crippen LogP contribution is -2.59. The lowest BCUT2D eigenvalue weighted by Gasteiger charge is -2.43. The van der Waals surface area contributed by atoms with Gasteiger partial charge in [-0.3, -0.25) is 9.28 Å². The van der Waals surface area contributed by atoms with E-state index in [0.717, 1.165) is 66.0 Å². The average molecular weight is 504 g/mol. The number of aliphatic hydroxyl groups is 1. The Hall–Kier alpha value is -2.67. The highest BCUT2D eigenvalue weighted by Crippen LogP contribution is 2.34. The van der Waals surface area contributed by atoms with Crippen LogP contribution in [0.15, 0.2) is 54.6 Å². The summed E-state index contributed by atoms with van der Waals surface area (Å²) in [6, 6.07) is 18.6. The van der Waals surface area contributed by atoms with E-state index in [-0.39, 0.29) is 0 Å². The van der Waals surface area contributed by atoms with E-state index in [1.165, 1.54) is 37.7 Å². The maximum atomic E-state index is 11.7. The van der Waals surface area contributed by atoms with Gasteiger partial charge < -0.3 is 21.1 Å². The van der Waals surface area contributed by atoms with Crippen LogP contribution in [0.2, 0.25) is 0 Å². The number of nitrogens with one attached hydrogen (secondary N) is 2. The molecule has 3 aromatic rings. The Morgan fingerprint density at radius 3 is 2.49 bits per heavy atom. The molecule has 2 fully saturated rings.